The predicted molar refractivity (Wildman–Crippen MR) is 262 cm³/mol. The Bertz CT molecular complexity index is 2660. The Kier molecular flexibility index (Phi) is 13.7. The number of nitrogens with one attached hydrogen (secondary N) is 3. The number of nitrogens with zero attached hydrogens (tertiary/aromatic N) is 8. The summed E-state index contributed by atoms with van der Waals surface area (Å²) in [5.41, 5.74) is 3.82. The second-order valence-electron chi connectivity index (χ2n) is 18.3. The molecule has 0 aliphatic carbocycles. The van der Waals surface area contributed by atoms with E-state index in [2.05, 4.69) is 51.6 Å². The number of amides is 5. The molecule has 1 unspecified atom stereocenters. The van der Waals surface area contributed by atoms with Gasteiger partial charge in [0.2, 0.25) is 23.7 Å². The molecule has 20 heteroatoms. The van der Waals surface area contributed by atoms with Crippen molar-refractivity contribution in [3.05, 3.63) is 83.0 Å². The number of carbonyl (C=O) groups excluding carboxylic acids is 5. The summed E-state index contributed by atoms with van der Waals surface area (Å²) in [6.45, 7) is 12.0. The van der Waals surface area contributed by atoms with E-state index in [4.69, 9.17) is 16.3 Å². The lowest BCUT2D eigenvalue weighted by atomic mass is 10.0. The molecule has 9 rings (SSSR count). The molecule has 5 aliphatic rings. The number of carbonyl (C=O) groups is 5. The first-order valence-corrected chi connectivity index (χ1v) is 26.2. The minimum Gasteiger partial charge on any atom is -0.494 e. The number of para-hydroxylation sites is 1. The quantitative estimate of drug-likeness (QED) is 0.124. The Hall–Kier alpha value is -6.07. The van der Waals surface area contributed by atoms with Crippen LogP contribution in [0.2, 0.25) is 5.02 Å². The molecule has 1 atom stereocenters. The Morgan fingerprint density at radius 1 is 0.809 bits per heavy atom. The van der Waals surface area contributed by atoms with Crippen molar-refractivity contribution in [2.45, 2.75) is 44.2 Å². The number of piperidine rings is 2. The fourth-order valence-electron chi connectivity index (χ4n) is 9.91. The van der Waals surface area contributed by atoms with Crippen LogP contribution in [0.1, 0.15) is 52.8 Å². The summed E-state index contributed by atoms with van der Waals surface area (Å²) in [7, 11) is -0.924. The lowest BCUT2D eigenvalue weighted by molar-refractivity contribution is -0.136. The molecular weight excluding hydrogens is 909 g/mol. The lowest BCUT2D eigenvalue weighted by Crippen LogP contribution is -2.54. The summed E-state index contributed by atoms with van der Waals surface area (Å²) in [6.07, 6.45) is 4.22. The summed E-state index contributed by atoms with van der Waals surface area (Å²) in [6, 6.07) is 18.2. The first kappa shape index (κ1) is 47.0. The molecule has 0 spiro atoms. The van der Waals surface area contributed by atoms with E-state index < -0.39 is 36.8 Å². The Balaban J connectivity index is 0.704. The average Bonchev–Trinajstić information content (AvgIpc) is 3.59. The van der Waals surface area contributed by atoms with E-state index in [9.17, 15) is 28.5 Å². The minimum absolute atomic E-state index is 0.0763. The van der Waals surface area contributed by atoms with Crippen molar-refractivity contribution < 1.29 is 33.3 Å². The number of hydrogen-bond donors (Lipinski definition) is 3. The van der Waals surface area contributed by atoms with Gasteiger partial charge in [-0.1, -0.05) is 23.7 Å². The molecule has 1 aromatic heterocycles. The molecule has 5 amide bonds. The van der Waals surface area contributed by atoms with E-state index in [0.717, 1.165) is 81.5 Å². The van der Waals surface area contributed by atoms with E-state index in [-0.39, 0.29) is 29.9 Å². The second-order valence-corrected chi connectivity index (χ2v) is 21.9. The Labute approximate surface area is 400 Å². The van der Waals surface area contributed by atoms with Crippen molar-refractivity contribution in [3.63, 3.8) is 0 Å². The summed E-state index contributed by atoms with van der Waals surface area (Å²) < 4.78 is 18.7. The minimum atomic E-state index is -2.56. The van der Waals surface area contributed by atoms with Gasteiger partial charge in [-0.15, -0.1) is 0 Å². The highest BCUT2D eigenvalue weighted by molar-refractivity contribution is 7.70. The maximum absolute atomic E-state index is 13.4. The van der Waals surface area contributed by atoms with Crippen LogP contribution in [0.25, 0.3) is 0 Å². The topological polar surface area (TPSA) is 193 Å². The molecule has 0 saturated carbocycles. The van der Waals surface area contributed by atoms with Crippen molar-refractivity contribution in [2.75, 3.05) is 113 Å². The van der Waals surface area contributed by atoms with Crippen LogP contribution >= 0.6 is 18.7 Å². The van der Waals surface area contributed by atoms with Gasteiger partial charge in [0, 0.05) is 114 Å². The molecule has 6 heterocycles. The number of piperazine rings is 2. The van der Waals surface area contributed by atoms with Gasteiger partial charge >= 0.3 is 0 Å². The van der Waals surface area contributed by atoms with Gasteiger partial charge in [0.05, 0.1) is 35.8 Å². The predicted octanol–water partition coefficient (Wildman–Crippen LogP) is 4.60. The molecule has 0 bridgehead atoms. The van der Waals surface area contributed by atoms with Crippen LogP contribution in [0.3, 0.4) is 0 Å². The van der Waals surface area contributed by atoms with Crippen LogP contribution in [-0.4, -0.2) is 164 Å². The van der Waals surface area contributed by atoms with Gasteiger partial charge < -0.3 is 34.6 Å². The van der Waals surface area contributed by atoms with Crippen LogP contribution in [0.5, 0.6) is 5.75 Å². The summed E-state index contributed by atoms with van der Waals surface area (Å²) in [5, 5.41) is 9.79. The fraction of sp³-hybridized carbons (Fsp3) is 0.438. The van der Waals surface area contributed by atoms with Gasteiger partial charge in [-0.2, -0.15) is 4.98 Å². The van der Waals surface area contributed by atoms with Gasteiger partial charge in [0.25, 0.3) is 11.8 Å². The Morgan fingerprint density at radius 3 is 2.22 bits per heavy atom. The van der Waals surface area contributed by atoms with E-state index in [0.29, 0.717) is 71.3 Å². The number of rotatable bonds is 13. The van der Waals surface area contributed by atoms with Crippen molar-refractivity contribution in [3.8, 4) is 5.75 Å². The number of fused-ring (bicyclic) bond motifs is 1. The SMILES string of the molecule is COc1cc(N2CCC(N3CCN(C(=O)CCN4CCN(c5ccc6c(c5)C(=O)N(C5CCC(=O)NC5=O)C6=O)CC4)CC3)CC2)ccc1Nc1ncc(Cl)c(Nc2ccccc2P(C)(C)=O)n1. The molecule has 0 radical (unpaired) electrons. The van der Waals surface area contributed by atoms with Crippen LogP contribution in [0, 0.1) is 0 Å². The monoisotopic (exact) mass is 965 g/mol. The van der Waals surface area contributed by atoms with Gasteiger partial charge in [0.15, 0.2) is 5.82 Å². The summed E-state index contributed by atoms with van der Waals surface area (Å²) in [5.74, 6) is -0.499. The van der Waals surface area contributed by atoms with Crippen LogP contribution < -0.4 is 35.8 Å². The fourth-order valence-corrected chi connectivity index (χ4v) is 11.2. The highest BCUT2D eigenvalue weighted by atomic mass is 35.5. The van der Waals surface area contributed by atoms with E-state index in [1.54, 1.807) is 32.6 Å². The van der Waals surface area contributed by atoms with Gasteiger partial charge in [0.1, 0.15) is 24.0 Å². The molecule has 4 fully saturated rings. The summed E-state index contributed by atoms with van der Waals surface area (Å²) in [4.78, 5) is 85.4. The third kappa shape index (κ3) is 10.0. The maximum atomic E-state index is 13.4. The molecule has 358 valence electrons. The molecule has 5 aliphatic heterocycles. The molecule has 3 aromatic carbocycles. The normalized spacial score (nSPS) is 19.9. The number of anilines is 6. The third-order valence-corrected chi connectivity index (χ3v) is 15.6. The number of aromatic nitrogens is 2. The highest BCUT2D eigenvalue weighted by Gasteiger charge is 2.45. The average molecular weight is 966 g/mol. The zero-order chi connectivity index (χ0) is 47.7. The van der Waals surface area contributed by atoms with Crippen molar-refractivity contribution >= 4 is 88.1 Å². The smallest absolute Gasteiger partial charge is 0.262 e. The lowest BCUT2D eigenvalue weighted by Gasteiger charge is -2.43. The van der Waals surface area contributed by atoms with Crippen molar-refractivity contribution in [1.29, 1.82) is 0 Å². The zero-order valence-corrected chi connectivity index (χ0v) is 40.2. The first-order valence-electron chi connectivity index (χ1n) is 23.2. The van der Waals surface area contributed by atoms with E-state index >= 15 is 0 Å². The highest BCUT2D eigenvalue weighted by Crippen LogP contribution is 2.39. The van der Waals surface area contributed by atoms with Crippen LogP contribution in [0.15, 0.2) is 66.9 Å². The molecular formula is C48H57ClN11O7P. The van der Waals surface area contributed by atoms with Gasteiger partial charge in [-0.3, -0.25) is 44.0 Å². The third-order valence-electron chi connectivity index (χ3n) is 13.7. The molecule has 3 N–H and O–H groups in total. The maximum Gasteiger partial charge on any atom is 0.262 e. The second kappa shape index (κ2) is 19.9. The number of ether oxygens (including phenoxy) is 1. The van der Waals surface area contributed by atoms with Crippen LogP contribution in [0.4, 0.5) is 34.5 Å². The zero-order valence-electron chi connectivity index (χ0n) is 38.6. The standard InChI is InChI=1S/C48H57ClN11O7P/c1-67-40-29-33(9-11-37(40)52-48-50-30-36(49)44(54-48)51-38-6-4-5-7-41(38)68(2,3)66)56-18-14-31(15-19-56)57-24-26-59(27-25-57)43(62)16-17-55-20-22-58(23-21-55)32-8-10-34-35(28-32)47(65)60(46(34)64)39-12-13-42(61)53-45(39)63/h4-11,28-31,39H,12-27H2,1-3H3,(H,53,61,63)(H2,50,51,52,54). The first-order chi connectivity index (χ1) is 32.7. The number of halogens is 1. The van der Waals surface area contributed by atoms with Crippen molar-refractivity contribution in [2.24, 2.45) is 0 Å². The Morgan fingerprint density at radius 2 is 1.50 bits per heavy atom. The number of hydrogen-bond acceptors (Lipinski definition) is 15. The summed E-state index contributed by atoms with van der Waals surface area (Å²) >= 11 is 6.49. The van der Waals surface area contributed by atoms with E-state index in [1.165, 1.54) is 6.20 Å². The number of benzene rings is 3. The van der Waals surface area contributed by atoms with Crippen molar-refractivity contribution in [1.82, 2.24) is 34.9 Å². The molecule has 18 nitrogen and oxygen atoms in total. The van der Waals surface area contributed by atoms with E-state index in [1.807, 2.05) is 47.4 Å². The molecule has 68 heavy (non-hydrogen) atoms. The van der Waals surface area contributed by atoms with Gasteiger partial charge in [-0.05, 0) is 75.1 Å². The van der Waals surface area contributed by atoms with Gasteiger partial charge in [-0.25, -0.2) is 4.98 Å². The number of imide groups is 2. The molecule has 4 saturated heterocycles. The molecule has 4 aromatic rings. The number of methoxy groups -OCH3 is 1. The largest absolute Gasteiger partial charge is 0.494 e. The van der Waals surface area contributed by atoms with Crippen LogP contribution in [-0.2, 0) is 18.9 Å².